The zero-order valence-electron chi connectivity index (χ0n) is 12.8. The van der Waals surface area contributed by atoms with Gasteiger partial charge in [-0.15, -0.1) is 0 Å². The van der Waals surface area contributed by atoms with Crippen LogP contribution in [0.2, 0.25) is 0 Å². The Kier molecular flexibility index (Phi) is 4.30. The molecule has 0 saturated carbocycles. The van der Waals surface area contributed by atoms with Crippen molar-refractivity contribution in [3.05, 3.63) is 47.0 Å². The first-order valence-electron chi connectivity index (χ1n) is 7.81. The molecule has 0 fully saturated rings. The fourth-order valence-electron chi connectivity index (χ4n) is 3.14. The first-order valence-corrected chi connectivity index (χ1v) is 7.81. The van der Waals surface area contributed by atoms with E-state index >= 15 is 0 Å². The van der Waals surface area contributed by atoms with Gasteiger partial charge in [-0.3, -0.25) is 0 Å². The summed E-state index contributed by atoms with van der Waals surface area (Å²) in [5.41, 5.74) is 2.91. The Bertz CT molecular complexity index is 714. The summed E-state index contributed by atoms with van der Waals surface area (Å²) in [6.45, 7) is 0.826. The van der Waals surface area contributed by atoms with Crippen molar-refractivity contribution >= 4 is 0 Å². The highest BCUT2D eigenvalue weighted by molar-refractivity contribution is 5.51. The fourth-order valence-corrected chi connectivity index (χ4v) is 3.14. The second-order valence-electron chi connectivity index (χ2n) is 6.06. The molecule has 5 heteroatoms. The van der Waals surface area contributed by atoms with Crippen LogP contribution in [0.25, 0.3) is 0 Å². The van der Waals surface area contributed by atoms with Gasteiger partial charge >= 0.3 is 0 Å². The molecule has 0 bridgehead atoms. The molecule has 1 unspecified atom stereocenters. The molecule has 0 saturated heterocycles. The first-order chi connectivity index (χ1) is 11.0. The highest BCUT2D eigenvalue weighted by Crippen LogP contribution is 2.36. The van der Waals surface area contributed by atoms with Crippen molar-refractivity contribution in [3.8, 4) is 23.0 Å². The van der Waals surface area contributed by atoms with Gasteiger partial charge in [-0.05, 0) is 61.6 Å². The van der Waals surface area contributed by atoms with E-state index in [4.69, 9.17) is 0 Å². The van der Waals surface area contributed by atoms with Crippen molar-refractivity contribution in [2.24, 2.45) is 0 Å². The number of rotatable bonds is 5. The Morgan fingerprint density at radius 3 is 2.48 bits per heavy atom. The van der Waals surface area contributed by atoms with Gasteiger partial charge in [0.05, 0.1) is 0 Å². The molecule has 1 aliphatic rings. The molecule has 0 spiro atoms. The summed E-state index contributed by atoms with van der Waals surface area (Å²) in [7, 11) is 0. The van der Waals surface area contributed by atoms with Gasteiger partial charge in [0.1, 0.15) is 0 Å². The van der Waals surface area contributed by atoms with E-state index in [9.17, 15) is 20.4 Å². The molecule has 0 amide bonds. The van der Waals surface area contributed by atoms with E-state index in [2.05, 4.69) is 5.32 Å². The third-order valence-corrected chi connectivity index (χ3v) is 4.39. The van der Waals surface area contributed by atoms with E-state index in [1.165, 1.54) is 12.1 Å². The molecule has 23 heavy (non-hydrogen) atoms. The van der Waals surface area contributed by atoms with Crippen LogP contribution in [0.1, 0.15) is 23.1 Å². The number of hydrogen-bond acceptors (Lipinski definition) is 5. The van der Waals surface area contributed by atoms with Gasteiger partial charge in [-0.2, -0.15) is 0 Å². The second-order valence-corrected chi connectivity index (χ2v) is 6.06. The molecule has 3 rings (SSSR count). The van der Waals surface area contributed by atoms with Crippen molar-refractivity contribution in [2.75, 3.05) is 6.54 Å². The second kappa shape index (κ2) is 6.38. The van der Waals surface area contributed by atoms with Crippen LogP contribution < -0.4 is 5.32 Å². The number of phenolic OH excluding ortho intramolecular Hbond substituents is 4. The molecule has 0 heterocycles. The summed E-state index contributed by atoms with van der Waals surface area (Å²) >= 11 is 0. The van der Waals surface area contributed by atoms with E-state index in [1.54, 1.807) is 12.1 Å². The average Bonchev–Trinajstić information content (AvgIpc) is 2.95. The van der Waals surface area contributed by atoms with Gasteiger partial charge in [0.25, 0.3) is 0 Å². The van der Waals surface area contributed by atoms with Crippen LogP contribution >= 0.6 is 0 Å². The maximum atomic E-state index is 9.88. The van der Waals surface area contributed by atoms with E-state index in [0.29, 0.717) is 0 Å². The summed E-state index contributed by atoms with van der Waals surface area (Å²) < 4.78 is 0. The van der Waals surface area contributed by atoms with Crippen LogP contribution in [-0.2, 0) is 19.3 Å². The average molecular weight is 315 g/mol. The van der Waals surface area contributed by atoms with Crippen molar-refractivity contribution in [1.82, 2.24) is 5.32 Å². The predicted molar refractivity (Wildman–Crippen MR) is 87.1 cm³/mol. The lowest BCUT2D eigenvalue weighted by atomic mass is 10.1. The van der Waals surface area contributed by atoms with Gasteiger partial charge in [-0.25, -0.2) is 0 Å². The van der Waals surface area contributed by atoms with Crippen LogP contribution in [-0.4, -0.2) is 33.0 Å². The molecule has 1 aliphatic carbocycles. The van der Waals surface area contributed by atoms with Crippen LogP contribution in [0.3, 0.4) is 0 Å². The zero-order valence-corrected chi connectivity index (χ0v) is 12.8. The van der Waals surface area contributed by atoms with Crippen molar-refractivity contribution in [3.63, 3.8) is 0 Å². The van der Waals surface area contributed by atoms with E-state index in [0.717, 1.165) is 48.9 Å². The Balaban J connectivity index is 1.47. The fraction of sp³-hybridized carbons (Fsp3) is 0.333. The number of aromatic hydroxyl groups is 4. The third kappa shape index (κ3) is 3.35. The Hall–Kier alpha value is -2.40. The van der Waals surface area contributed by atoms with Crippen molar-refractivity contribution < 1.29 is 20.4 Å². The quantitative estimate of drug-likeness (QED) is 0.431. The summed E-state index contributed by atoms with van der Waals surface area (Å²) in [5.74, 6) is -0.237. The number of benzene rings is 2. The Labute approximate surface area is 134 Å². The molecular formula is C18H21NO4. The normalized spacial score (nSPS) is 16.4. The van der Waals surface area contributed by atoms with Crippen molar-refractivity contribution in [2.45, 2.75) is 31.7 Å². The van der Waals surface area contributed by atoms with Crippen LogP contribution in [0.15, 0.2) is 30.3 Å². The number of phenols is 4. The maximum absolute atomic E-state index is 9.88. The highest BCUT2D eigenvalue weighted by atomic mass is 16.3. The number of hydrogen-bond donors (Lipinski definition) is 5. The van der Waals surface area contributed by atoms with Crippen LogP contribution in [0.4, 0.5) is 0 Å². The molecule has 5 N–H and O–H groups in total. The Morgan fingerprint density at radius 2 is 1.70 bits per heavy atom. The molecule has 0 radical (unpaired) electrons. The molecule has 0 aliphatic heterocycles. The molecule has 2 aromatic rings. The molecule has 5 nitrogen and oxygen atoms in total. The Morgan fingerprint density at radius 1 is 0.913 bits per heavy atom. The molecular weight excluding hydrogens is 294 g/mol. The smallest absolute Gasteiger partial charge is 0.161 e. The summed E-state index contributed by atoms with van der Waals surface area (Å²) in [6.07, 6.45) is 3.29. The largest absolute Gasteiger partial charge is 0.504 e. The lowest BCUT2D eigenvalue weighted by Crippen LogP contribution is -2.30. The van der Waals surface area contributed by atoms with E-state index in [1.807, 2.05) is 6.07 Å². The number of fused-ring (bicyclic) bond motifs is 1. The predicted octanol–water partition coefficient (Wildman–Crippen LogP) is 2.20. The van der Waals surface area contributed by atoms with Crippen LogP contribution in [0, 0.1) is 0 Å². The molecule has 1 atom stereocenters. The number of aryl methyl sites for hydroxylation is 1. The SMILES string of the molecule is Oc1ccc(CCCNC2Cc3ccc(O)c(O)c3C2)cc1O. The van der Waals surface area contributed by atoms with Gasteiger partial charge < -0.3 is 25.7 Å². The van der Waals surface area contributed by atoms with Crippen molar-refractivity contribution in [1.29, 1.82) is 0 Å². The van der Waals surface area contributed by atoms with Gasteiger partial charge in [0, 0.05) is 11.6 Å². The summed E-state index contributed by atoms with van der Waals surface area (Å²) in [5, 5.41) is 41.6. The van der Waals surface area contributed by atoms with E-state index < -0.39 is 0 Å². The lowest BCUT2D eigenvalue weighted by molar-refractivity contribution is 0.399. The van der Waals surface area contributed by atoms with E-state index in [-0.39, 0.29) is 29.0 Å². The zero-order chi connectivity index (χ0) is 16.4. The summed E-state index contributed by atoms with van der Waals surface area (Å²) in [4.78, 5) is 0. The summed E-state index contributed by atoms with van der Waals surface area (Å²) in [6, 6.07) is 8.56. The molecule has 0 aromatic heterocycles. The minimum atomic E-state index is -0.0985. The van der Waals surface area contributed by atoms with Gasteiger partial charge in [-0.1, -0.05) is 12.1 Å². The monoisotopic (exact) mass is 315 g/mol. The maximum Gasteiger partial charge on any atom is 0.161 e. The molecule has 122 valence electrons. The lowest BCUT2D eigenvalue weighted by Gasteiger charge is -2.12. The number of nitrogens with one attached hydrogen (secondary N) is 1. The standard InChI is InChI=1S/C18H21NO4/c20-15-5-3-11(8-17(15)22)2-1-7-19-13-9-12-4-6-16(21)18(23)14(12)10-13/h3-6,8,13,19-23H,1-2,7,9-10H2. The van der Waals surface area contributed by atoms with Crippen LogP contribution in [0.5, 0.6) is 23.0 Å². The minimum Gasteiger partial charge on any atom is -0.504 e. The highest BCUT2D eigenvalue weighted by Gasteiger charge is 2.24. The topological polar surface area (TPSA) is 93.0 Å². The third-order valence-electron chi connectivity index (χ3n) is 4.39. The first kappa shape index (κ1) is 15.5. The van der Waals surface area contributed by atoms with Gasteiger partial charge in [0.2, 0.25) is 0 Å². The van der Waals surface area contributed by atoms with Gasteiger partial charge in [0.15, 0.2) is 23.0 Å². The minimum absolute atomic E-state index is 0.00590. The molecule has 2 aromatic carbocycles.